The largest absolute Gasteiger partial charge is 0.439 e. The second kappa shape index (κ2) is 12.3. The summed E-state index contributed by atoms with van der Waals surface area (Å²) in [4.78, 5) is 2.35. The van der Waals surface area contributed by atoms with Gasteiger partial charge in [-0.1, -0.05) is 57.2 Å². The lowest BCUT2D eigenvalue weighted by atomic mass is 10.1. The molecule has 6 heteroatoms. The van der Waals surface area contributed by atoms with E-state index in [1.807, 2.05) is 65.3 Å². The van der Waals surface area contributed by atoms with Gasteiger partial charge in [0, 0.05) is 26.2 Å². The zero-order valence-corrected chi connectivity index (χ0v) is 21.3. The highest BCUT2D eigenvalue weighted by molar-refractivity contribution is 5.43. The van der Waals surface area contributed by atoms with Crippen LogP contribution in [0.2, 0.25) is 0 Å². The van der Waals surface area contributed by atoms with Crippen molar-refractivity contribution in [2.45, 2.75) is 52.7 Å². The Kier molecular flexibility index (Phi) is 8.96. The number of aryl methyl sites for hydroxylation is 1. The van der Waals surface area contributed by atoms with Gasteiger partial charge in [0.1, 0.15) is 5.75 Å². The van der Waals surface area contributed by atoms with Crippen molar-refractivity contribution in [1.82, 2.24) is 14.7 Å². The third kappa shape index (κ3) is 7.40. The van der Waals surface area contributed by atoms with Gasteiger partial charge in [0.25, 0.3) is 0 Å². The van der Waals surface area contributed by atoms with E-state index in [9.17, 15) is 5.11 Å². The van der Waals surface area contributed by atoms with Crippen LogP contribution in [0, 0.1) is 11.8 Å². The number of hydrogen-bond donors (Lipinski definition) is 1. The fourth-order valence-electron chi connectivity index (χ4n) is 4.25. The summed E-state index contributed by atoms with van der Waals surface area (Å²) in [6.07, 6.45) is 2.79. The predicted molar refractivity (Wildman–Crippen MR) is 139 cm³/mol. The number of rotatable bonds is 14. The Morgan fingerprint density at radius 3 is 2.34 bits per heavy atom. The minimum Gasteiger partial charge on any atom is -0.439 e. The molecule has 1 fully saturated rings. The summed E-state index contributed by atoms with van der Waals surface area (Å²) in [5.74, 6) is 2.68. The van der Waals surface area contributed by atoms with Gasteiger partial charge in [0.15, 0.2) is 0 Å². The van der Waals surface area contributed by atoms with Gasteiger partial charge >= 0.3 is 0 Å². The molecule has 4 rings (SSSR count). The lowest BCUT2D eigenvalue weighted by Gasteiger charge is -2.26. The molecule has 1 N–H and O–H groups in total. The second-order valence-electron chi connectivity index (χ2n) is 9.97. The van der Waals surface area contributed by atoms with Crippen molar-refractivity contribution in [2.24, 2.45) is 11.8 Å². The Hall–Kier alpha value is -2.67. The van der Waals surface area contributed by atoms with Crippen LogP contribution in [0.3, 0.4) is 0 Å². The van der Waals surface area contributed by atoms with Crippen molar-refractivity contribution in [2.75, 3.05) is 26.3 Å². The highest BCUT2D eigenvalue weighted by atomic mass is 16.5. The molecule has 0 unspecified atom stereocenters. The van der Waals surface area contributed by atoms with Crippen LogP contribution in [0.1, 0.15) is 44.9 Å². The highest BCUT2D eigenvalue weighted by Crippen LogP contribution is 2.34. The smallest absolute Gasteiger partial charge is 0.227 e. The molecule has 1 aromatic heterocycles. The monoisotopic (exact) mass is 477 g/mol. The molecular weight excluding hydrogens is 438 g/mol. The topological polar surface area (TPSA) is 59.8 Å². The molecular formula is C29H39N3O3. The molecule has 188 valence electrons. The van der Waals surface area contributed by atoms with Crippen molar-refractivity contribution in [3.05, 3.63) is 71.9 Å². The fraction of sp³-hybridized carbons (Fsp3) is 0.483. The summed E-state index contributed by atoms with van der Waals surface area (Å²) in [7, 11) is 0. The number of ether oxygens (including phenoxy) is 2. The van der Waals surface area contributed by atoms with Crippen LogP contribution < -0.4 is 4.74 Å². The maximum Gasteiger partial charge on any atom is 0.227 e. The van der Waals surface area contributed by atoms with Gasteiger partial charge in [-0.3, -0.25) is 4.90 Å². The Bertz CT molecular complexity index is 1030. The van der Waals surface area contributed by atoms with E-state index in [1.165, 1.54) is 12.8 Å². The first-order chi connectivity index (χ1) is 17.0. The molecule has 1 atom stereocenters. The van der Waals surface area contributed by atoms with Crippen LogP contribution >= 0.6 is 0 Å². The van der Waals surface area contributed by atoms with E-state index >= 15 is 0 Å². The first kappa shape index (κ1) is 25.4. The molecule has 6 nitrogen and oxygen atoms in total. The zero-order chi connectivity index (χ0) is 24.6. The Morgan fingerprint density at radius 2 is 1.71 bits per heavy atom. The predicted octanol–water partition coefficient (Wildman–Crippen LogP) is 5.47. The molecule has 0 saturated heterocycles. The number of benzene rings is 2. The molecule has 0 aliphatic heterocycles. The Morgan fingerprint density at radius 1 is 1.03 bits per heavy atom. The van der Waals surface area contributed by atoms with Gasteiger partial charge in [-0.25, -0.2) is 4.68 Å². The number of para-hydroxylation sites is 2. The highest BCUT2D eigenvalue weighted by Gasteiger charge is 2.28. The van der Waals surface area contributed by atoms with E-state index in [-0.39, 0.29) is 0 Å². The lowest BCUT2D eigenvalue weighted by Crippen LogP contribution is -2.36. The first-order valence-corrected chi connectivity index (χ1v) is 12.9. The van der Waals surface area contributed by atoms with E-state index in [4.69, 9.17) is 14.6 Å². The standard InChI is InChI=1S/C29H39N3O3/c1-4-28-27(19-31(17-23-15-16-23)18-25(33)21-34-20-22(2)3)29(35-26-13-9-6-10-14-26)32(30-28)24-11-7-5-8-12-24/h5-14,22-23,25,33H,4,15-21H2,1-3H3/t25-/m1/s1. The van der Waals surface area contributed by atoms with Crippen LogP contribution in [0.4, 0.5) is 0 Å². The van der Waals surface area contributed by atoms with Gasteiger partial charge in [-0.15, -0.1) is 0 Å². The van der Waals surface area contributed by atoms with Crippen LogP contribution in [-0.2, 0) is 17.7 Å². The van der Waals surface area contributed by atoms with E-state index in [1.54, 1.807) is 0 Å². The maximum atomic E-state index is 10.7. The summed E-state index contributed by atoms with van der Waals surface area (Å²) in [6.45, 7) is 9.61. The minimum atomic E-state index is -0.528. The summed E-state index contributed by atoms with van der Waals surface area (Å²) in [5, 5.41) is 15.7. The van der Waals surface area contributed by atoms with Gasteiger partial charge in [-0.2, -0.15) is 5.10 Å². The molecule has 1 saturated carbocycles. The number of aliphatic hydroxyl groups excluding tert-OH is 1. The first-order valence-electron chi connectivity index (χ1n) is 12.9. The van der Waals surface area contributed by atoms with Crippen molar-refractivity contribution >= 4 is 0 Å². The van der Waals surface area contributed by atoms with Gasteiger partial charge in [-0.05, 0) is 55.4 Å². The van der Waals surface area contributed by atoms with Gasteiger partial charge in [0.05, 0.1) is 29.7 Å². The van der Waals surface area contributed by atoms with Crippen molar-refractivity contribution in [3.8, 4) is 17.3 Å². The van der Waals surface area contributed by atoms with Crippen LogP contribution in [-0.4, -0.2) is 52.2 Å². The molecule has 0 bridgehead atoms. The Balaban J connectivity index is 1.62. The fourth-order valence-corrected chi connectivity index (χ4v) is 4.25. The third-order valence-corrected chi connectivity index (χ3v) is 6.14. The molecule has 35 heavy (non-hydrogen) atoms. The Labute approximate surface area is 209 Å². The molecule has 1 aliphatic rings. The van der Waals surface area contributed by atoms with Crippen molar-refractivity contribution < 1.29 is 14.6 Å². The van der Waals surface area contributed by atoms with Crippen LogP contribution in [0.5, 0.6) is 11.6 Å². The summed E-state index contributed by atoms with van der Waals surface area (Å²) < 4.78 is 14.1. The molecule has 1 heterocycles. The molecule has 0 radical (unpaired) electrons. The average molecular weight is 478 g/mol. The summed E-state index contributed by atoms with van der Waals surface area (Å²) in [5.41, 5.74) is 3.07. The van der Waals surface area contributed by atoms with E-state index in [0.29, 0.717) is 38.1 Å². The molecule has 3 aromatic rings. The molecule has 1 aliphatic carbocycles. The second-order valence-corrected chi connectivity index (χ2v) is 9.97. The summed E-state index contributed by atoms with van der Waals surface area (Å²) in [6, 6.07) is 20.0. The van der Waals surface area contributed by atoms with Crippen LogP contribution in [0.15, 0.2) is 60.7 Å². The number of aromatic nitrogens is 2. The number of nitrogens with zero attached hydrogens (tertiary/aromatic N) is 3. The quantitative estimate of drug-likeness (QED) is 0.334. The van der Waals surface area contributed by atoms with E-state index in [0.717, 1.165) is 41.5 Å². The summed E-state index contributed by atoms with van der Waals surface area (Å²) >= 11 is 0. The van der Waals surface area contributed by atoms with Gasteiger partial charge in [0.2, 0.25) is 5.88 Å². The SMILES string of the molecule is CCc1nn(-c2ccccc2)c(Oc2ccccc2)c1CN(CC1CC1)C[C@@H](O)COCC(C)C. The average Bonchev–Trinajstić information content (AvgIpc) is 3.61. The normalized spacial score (nSPS) is 14.6. The number of hydrogen-bond acceptors (Lipinski definition) is 5. The van der Waals surface area contributed by atoms with Crippen LogP contribution in [0.25, 0.3) is 5.69 Å². The lowest BCUT2D eigenvalue weighted by molar-refractivity contribution is 0.00608. The zero-order valence-electron chi connectivity index (χ0n) is 21.3. The van der Waals surface area contributed by atoms with Gasteiger partial charge < -0.3 is 14.6 Å². The van der Waals surface area contributed by atoms with E-state index in [2.05, 4.69) is 25.7 Å². The molecule has 0 spiro atoms. The maximum absolute atomic E-state index is 10.7. The van der Waals surface area contributed by atoms with E-state index < -0.39 is 6.10 Å². The molecule has 2 aromatic carbocycles. The molecule has 0 amide bonds. The van der Waals surface area contributed by atoms with Crippen molar-refractivity contribution in [1.29, 1.82) is 0 Å². The number of aliphatic hydroxyl groups is 1. The van der Waals surface area contributed by atoms with Crippen molar-refractivity contribution in [3.63, 3.8) is 0 Å². The minimum absolute atomic E-state index is 0.358. The third-order valence-electron chi connectivity index (χ3n) is 6.14.